The number of benzene rings is 4. The van der Waals surface area contributed by atoms with Crippen LogP contribution in [-0.2, 0) is 20.9 Å². The molecule has 0 bridgehead atoms. The highest BCUT2D eigenvalue weighted by Gasteiger charge is 2.37. The molecule has 0 N–H and O–H groups in total. The summed E-state index contributed by atoms with van der Waals surface area (Å²) in [6.07, 6.45) is 0.0688. The van der Waals surface area contributed by atoms with E-state index in [1.54, 1.807) is 36.9 Å². The Hall–Kier alpha value is -4.43. The van der Waals surface area contributed by atoms with E-state index in [4.69, 9.17) is 27.9 Å². The lowest BCUT2D eigenvalue weighted by atomic mass is 9.83. The van der Waals surface area contributed by atoms with Gasteiger partial charge in [-0.1, -0.05) is 102 Å². The van der Waals surface area contributed by atoms with Crippen LogP contribution < -0.4 is 0 Å². The molecule has 0 aliphatic carbocycles. The minimum absolute atomic E-state index is 0.0402. The van der Waals surface area contributed by atoms with Crippen molar-refractivity contribution in [1.29, 1.82) is 0 Å². The van der Waals surface area contributed by atoms with Gasteiger partial charge in [0.1, 0.15) is 0 Å². The van der Waals surface area contributed by atoms with Crippen molar-refractivity contribution < 1.29 is 19.1 Å². The second-order valence-electron chi connectivity index (χ2n) is 12.4. The first kappa shape index (κ1) is 34.4. The van der Waals surface area contributed by atoms with Crippen molar-refractivity contribution >= 4 is 41.0 Å². The highest BCUT2D eigenvalue weighted by atomic mass is 35.5. The van der Waals surface area contributed by atoms with Crippen LogP contribution in [0.2, 0.25) is 10.0 Å². The van der Waals surface area contributed by atoms with E-state index >= 15 is 0 Å². The lowest BCUT2D eigenvalue weighted by Gasteiger charge is -2.40. The van der Waals surface area contributed by atoms with Crippen LogP contribution >= 0.6 is 23.2 Å². The molecule has 1 saturated heterocycles. The molecule has 2 aliphatic rings. The third-order valence-electron chi connectivity index (χ3n) is 9.38. The molecule has 2 aliphatic heterocycles. The topological polar surface area (TPSA) is 70.2 Å². The lowest BCUT2D eigenvalue weighted by molar-refractivity contribution is -0.140. The summed E-state index contributed by atoms with van der Waals surface area (Å²) in [5.41, 5.74) is 5.47. The van der Waals surface area contributed by atoms with Gasteiger partial charge in [-0.25, -0.2) is 4.79 Å². The molecular formula is C40H39Cl2N3O4. The van der Waals surface area contributed by atoms with Crippen molar-refractivity contribution in [3.05, 3.63) is 152 Å². The largest absolute Gasteiger partial charge is 0.463 e. The predicted octanol–water partition coefficient (Wildman–Crippen LogP) is 7.89. The van der Waals surface area contributed by atoms with Gasteiger partial charge in [0.2, 0.25) is 5.91 Å². The molecule has 4 aromatic carbocycles. The summed E-state index contributed by atoms with van der Waals surface area (Å²) >= 11 is 12.5. The van der Waals surface area contributed by atoms with Gasteiger partial charge in [-0.05, 0) is 60.4 Å². The molecular weight excluding hydrogens is 657 g/mol. The fourth-order valence-corrected chi connectivity index (χ4v) is 7.23. The van der Waals surface area contributed by atoms with Crippen molar-refractivity contribution in [2.45, 2.75) is 38.8 Å². The standard InChI is InChI=1S/C40H39Cl2N3O4/c1-3-49-40(48)37-27(2)45(36(46)25-33(37)31-17-18-34(41)35(42)24-31)26-28-11-10-16-32(23-28)39(47)44-21-19-43(20-22-44)38(29-12-6-4-7-13-29)30-14-8-5-9-15-30/h4-18,23-24,33,38H,3,19-22,25-26H2,1-2H3. The van der Waals surface area contributed by atoms with E-state index in [1.807, 2.05) is 41.3 Å². The van der Waals surface area contributed by atoms with Gasteiger partial charge in [0.25, 0.3) is 5.91 Å². The monoisotopic (exact) mass is 695 g/mol. The second kappa shape index (κ2) is 15.4. The second-order valence-corrected chi connectivity index (χ2v) is 13.2. The van der Waals surface area contributed by atoms with Gasteiger partial charge in [0, 0.05) is 49.8 Å². The molecule has 1 unspecified atom stereocenters. The summed E-state index contributed by atoms with van der Waals surface area (Å²) in [7, 11) is 0. The Morgan fingerprint density at radius 2 is 1.47 bits per heavy atom. The Morgan fingerprint density at radius 3 is 2.08 bits per heavy atom. The number of allylic oxidation sites excluding steroid dienone is 1. The Labute approximate surface area is 297 Å². The number of nitrogens with zero attached hydrogens (tertiary/aromatic N) is 3. The van der Waals surface area contributed by atoms with Gasteiger partial charge < -0.3 is 14.5 Å². The van der Waals surface area contributed by atoms with Crippen molar-refractivity contribution in [2.75, 3.05) is 32.8 Å². The number of esters is 1. The molecule has 0 saturated carbocycles. The highest BCUT2D eigenvalue weighted by Crippen LogP contribution is 2.39. The molecule has 1 fully saturated rings. The number of amides is 2. The number of halogens is 2. The van der Waals surface area contributed by atoms with Crippen LogP contribution in [0.3, 0.4) is 0 Å². The normalized spacial score (nSPS) is 17.1. The van der Waals surface area contributed by atoms with Crippen molar-refractivity contribution in [2.24, 2.45) is 0 Å². The zero-order valence-electron chi connectivity index (χ0n) is 27.6. The Balaban J connectivity index is 1.18. The molecule has 9 heteroatoms. The molecule has 6 rings (SSSR count). The van der Waals surface area contributed by atoms with Gasteiger partial charge in [0.05, 0.1) is 34.8 Å². The van der Waals surface area contributed by atoms with E-state index in [0.29, 0.717) is 40.0 Å². The van der Waals surface area contributed by atoms with Crippen molar-refractivity contribution in [3.63, 3.8) is 0 Å². The number of hydrogen-bond donors (Lipinski definition) is 0. The number of carbonyl (C=O) groups is 3. The molecule has 0 aromatic heterocycles. The van der Waals surface area contributed by atoms with Gasteiger partial charge >= 0.3 is 5.97 Å². The number of carbonyl (C=O) groups excluding carboxylic acids is 3. The summed E-state index contributed by atoms with van der Waals surface area (Å²) in [5.74, 6) is -1.17. The maximum Gasteiger partial charge on any atom is 0.336 e. The SMILES string of the molecule is CCOC(=O)C1=C(C)N(Cc2cccc(C(=O)N3CCN(C(c4ccccc4)c4ccccc4)CC3)c2)C(=O)CC1c1ccc(Cl)c(Cl)c1. The van der Waals surface area contributed by atoms with E-state index in [-0.39, 0.29) is 37.4 Å². The maximum absolute atomic E-state index is 13.8. The van der Waals surface area contributed by atoms with Gasteiger partial charge in [-0.2, -0.15) is 0 Å². The van der Waals surface area contributed by atoms with Crippen LogP contribution in [0.1, 0.15) is 64.8 Å². The van der Waals surface area contributed by atoms with Crippen LogP contribution in [0, 0.1) is 0 Å². The first-order valence-electron chi connectivity index (χ1n) is 16.6. The third-order valence-corrected chi connectivity index (χ3v) is 10.1. The molecule has 49 heavy (non-hydrogen) atoms. The summed E-state index contributed by atoms with van der Waals surface area (Å²) in [5, 5.41) is 0.748. The predicted molar refractivity (Wildman–Crippen MR) is 192 cm³/mol. The molecule has 2 heterocycles. The smallest absolute Gasteiger partial charge is 0.336 e. The fraction of sp³-hybridized carbons (Fsp3) is 0.275. The van der Waals surface area contributed by atoms with Crippen molar-refractivity contribution in [1.82, 2.24) is 14.7 Å². The average Bonchev–Trinajstić information content (AvgIpc) is 3.12. The van der Waals surface area contributed by atoms with Gasteiger partial charge in [-0.3, -0.25) is 14.5 Å². The summed E-state index contributed by atoms with van der Waals surface area (Å²) in [6, 6.07) is 33.6. The van der Waals surface area contributed by atoms with Crippen LogP contribution in [0.25, 0.3) is 0 Å². The third kappa shape index (κ3) is 7.59. The van der Waals surface area contributed by atoms with Gasteiger partial charge in [-0.15, -0.1) is 0 Å². The number of hydrogen-bond acceptors (Lipinski definition) is 5. The molecule has 0 radical (unpaired) electrons. The van der Waals surface area contributed by atoms with E-state index in [1.165, 1.54) is 11.1 Å². The minimum Gasteiger partial charge on any atom is -0.463 e. The average molecular weight is 697 g/mol. The highest BCUT2D eigenvalue weighted by molar-refractivity contribution is 6.42. The molecule has 7 nitrogen and oxygen atoms in total. The van der Waals surface area contributed by atoms with Crippen LogP contribution in [0.15, 0.2) is 114 Å². The number of ether oxygens (including phenoxy) is 1. The summed E-state index contributed by atoms with van der Waals surface area (Å²) in [6.45, 7) is 6.62. The lowest BCUT2D eigenvalue weighted by Crippen LogP contribution is -2.49. The quantitative estimate of drug-likeness (QED) is 0.167. The van der Waals surface area contributed by atoms with Crippen LogP contribution in [0.5, 0.6) is 0 Å². The molecule has 0 spiro atoms. The number of piperazine rings is 1. The Bertz CT molecular complexity index is 1820. The Kier molecular flexibility index (Phi) is 10.8. The fourth-order valence-electron chi connectivity index (χ4n) is 6.93. The van der Waals surface area contributed by atoms with E-state index in [9.17, 15) is 14.4 Å². The molecule has 1 atom stereocenters. The summed E-state index contributed by atoms with van der Waals surface area (Å²) < 4.78 is 5.43. The Morgan fingerprint density at radius 1 is 0.816 bits per heavy atom. The molecule has 4 aromatic rings. The van der Waals surface area contributed by atoms with Crippen molar-refractivity contribution in [3.8, 4) is 0 Å². The maximum atomic E-state index is 13.8. The summed E-state index contributed by atoms with van der Waals surface area (Å²) in [4.78, 5) is 46.6. The minimum atomic E-state index is -0.521. The zero-order valence-corrected chi connectivity index (χ0v) is 29.2. The van der Waals surface area contributed by atoms with Gasteiger partial charge in [0.15, 0.2) is 0 Å². The van der Waals surface area contributed by atoms with E-state index < -0.39 is 11.9 Å². The van der Waals surface area contributed by atoms with Crippen LogP contribution in [-0.4, -0.2) is 65.3 Å². The molecule has 252 valence electrons. The zero-order chi connectivity index (χ0) is 34.5. The van der Waals surface area contributed by atoms with Crippen LogP contribution in [0.4, 0.5) is 0 Å². The van der Waals surface area contributed by atoms with E-state index in [2.05, 4.69) is 53.4 Å². The first-order chi connectivity index (χ1) is 23.7. The van der Waals surface area contributed by atoms with E-state index in [0.717, 1.165) is 24.2 Å². The first-order valence-corrected chi connectivity index (χ1v) is 17.4. The molecule has 2 amide bonds. The number of rotatable bonds is 9.